The molecule has 0 amide bonds. The molecule has 0 aromatic rings. The molecule has 3 N–H and O–H groups in total. The Morgan fingerprint density at radius 3 is 2.27 bits per heavy atom. The standard InChI is InChI=1S/C8H13NO5S/c1-5(15)9(14)4-6(8(12)13)2-3-7(10)11/h6,14H,2-4H2,1H3,(H,10,11)(H,12,13). The third-order valence-corrected chi connectivity index (χ3v) is 2.02. The Morgan fingerprint density at radius 1 is 1.40 bits per heavy atom. The molecular formula is C8H13NO5S. The van der Waals surface area contributed by atoms with Gasteiger partial charge in [-0.25, -0.2) is 5.06 Å². The smallest absolute Gasteiger partial charge is 0.308 e. The second kappa shape index (κ2) is 6.31. The molecule has 1 atom stereocenters. The molecule has 0 heterocycles. The van der Waals surface area contributed by atoms with E-state index >= 15 is 0 Å². The van der Waals surface area contributed by atoms with Crippen LogP contribution in [0.5, 0.6) is 0 Å². The van der Waals surface area contributed by atoms with Crippen LogP contribution in [0, 0.1) is 5.92 Å². The van der Waals surface area contributed by atoms with Gasteiger partial charge in [-0.1, -0.05) is 12.2 Å². The van der Waals surface area contributed by atoms with Crippen LogP contribution >= 0.6 is 12.2 Å². The lowest BCUT2D eigenvalue weighted by molar-refractivity contribution is -0.146. The summed E-state index contributed by atoms with van der Waals surface area (Å²) in [5.74, 6) is -3.15. The molecule has 0 aromatic heterocycles. The fourth-order valence-corrected chi connectivity index (χ4v) is 1.00. The number of carbonyl (C=O) groups is 2. The molecule has 0 bridgehead atoms. The second-order valence-corrected chi connectivity index (χ2v) is 3.66. The van der Waals surface area contributed by atoms with Crippen molar-refractivity contribution in [3.8, 4) is 0 Å². The summed E-state index contributed by atoms with van der Waals surface area (Å²) in [6.07, 6.45) is -0.286. The first-order valence-electron chi connectivity index (χ1n) is 4.26. The van der Waals surface area contributed by atoms with Gasteiger partial charge in [0.1, 0.15) is 4.99 Å². The number of hydrogen-bond donors (Lipinski definition) is 3. The first-order chi connectivity index (χ1) is 6.84. The summed E-state index contributed by atoms with van der Waals surface area (Å²) >= 11 is 4.63. The molecule has 0 saturated heterocycles. The van der Waals surface area contributed by atoms with Gasteiger partial charge in [-0.15, -0.1) is 0 Å². The van der Waals surface area contributed by atoms with Gasteiger partial charge >= 0.3 is 11.9 Å². The summed E-state index contributed by atoms with van der Waals surface area (Å²) in [5, 5.41) is 27.0. The van der Waals surface area contributed by atoms with Crippen molar-refractivity contribution in [1.29, 1.82) is 0 Å². The van der Waals surface area contributed by atoms with Gasteiger partial charge in [-0.05, 0) is 13.3 Å². The van der Waals surface area contributed by atoms with E-state index in [-0.39, 0.29) is 24.4 Å². The number of rotatable bonds is 6. The Kier molecular flexibility index (Phi) is 5.80. The van der Waals surface area contributed by atoms with Crippen molar-refractivity contribution in [2.75, 3.05) is 6.54 Å². The zero-order valence-electron chi connectivity index (χ0n) is 8.21. The second-order valence-electron chi connectivity index (χ2n) is 3.07. The molecule has 0 aromatic carbocycles. The highest BCUT2D eigenvalue weighted by atomic mass is 32.1. The maximum Gasteiger partial charge on any atom is 0.308 e. The Hall–Kier alpha value is -1.21. The maximum absolute atomic E-state index is 10.7. The van der Waals surface area contributed by atoms with Gasteiger partial charge in [-0.2, -0.15) is 0 Å². The number of carboxylic acids is 2. The topological polar surface area (TPSA) is 98.1 Å². The molecule has 0 radical (unpaired) electrons. The first kappa shape index (κ1) is 13.8. The van der Waals surface area contributed by atoms with Crippen LogP contribution in [0.3, 0.4) is 0 Å². The van der Waals surface area contributed by atoms with Crippen LogP contribution in [0.1, 0.15) is 19.8 Å². The third kappa shape index (κ3) is 5.97. The summed E-state index contributed by atoms with van der Waals surface area (Å²) in [5.41, 5.74) is 0. The predicted octanol–water partition coefficient (Wildman–Crippen LogP) is 0.590. The van der Waals surface area contributed by atoms with Crippen molar-refractivity contribution >= 4 is 29.1 Å². The number of aliphatic carboxylic acids is 2. The van der Waals surface area contributed by atoms with E-state index in [1.807, 2.05) is 0 Å². The van der Waals surface area contributed by atoms with Crippen molar-refractivity contribution in [3.63, 3.8) is 0 Å². The maximum atomic E-state index is 10.7. The van der Waals surface area contributed by atoms with Gasteiger partial charge in [0.15, 0.2) is 0 Å². The van der Waals surface area contributed by atoms with E-state index in [4.69, 9.17) is 10.2 Å². The van der Waals surface area contributed by atoms with Gasteiger partial charge in [0.2, 0.25) is 0 Å². The number of carboxylic acid groups (broad SMARTS) is 2. The van der Waals surface area contributed by atoms with E-state index < -0.39 is 17.9 Å². The minimum absolute atomic E-state index is 0.0374. The molecule has 0 aliphatic carbocycles. The van der Waals surface area contributed by atoms with Crippen LogP contribution < -0.4 is 0 Å². The molecule has 6 nitrogen and oxygen atoms in total. The number of hydrogen-bond acceptors (Lipinski definition) is 4. The van der Waals surface area contributed by atoms with Gasteiger partial charge < -0.3 is 10.2 Å². The molecule has 0 rings (SSSR count). The first-order valence-corrected chi connectivity index (χ1v) is 4.67. The van der Waals surface area contributed by atoms with Crippen LogP contribution in [0.25, 0.3) is 0 Å². The monoisotopic (exact) mass is 235 g/mol. The summed E-state index contributed by atoms with van der Waals surface area (Å²) in [4.78, 5) is 21.1. The molecule has 0 fully saturated rings. The lowest BCUT2D eigenvalue weighted by atomic mass is 10.0. The fraction of sp³-hybridized carbons (Fsp3) is 0.625. The lowest BCUT2D eigenvalue weighted by Gasteiger charge is -2.19. The van der Waals surface area contributed by atoms with Crippen molar-refractivity contribution in [3.05, 3.63) is 0 Å². The Morgan fingerprint density at radius 2 is 1.93 bits per heavy atom. The van der Waals surface area contributed by atoms with E-state index in [9.17, 15) is 14.8 Å². The highest BCUT2D eigenvalue weighted by molar-refractivity contribution is 7.80. The normalized spacial score (nSPS) is 11.9. The molecular weight excluding hydrogens is 222 g/mol. The van der Waals surface area contributed by atoms with Crippen molar-refractivity contribution in [2.45, 2.75) is 19.8 Å². The van der Waals surface area contributed by atoms with Gasteiger partial charge in [-0.3, -0.25) is 14.8 Å². The van der Waals surface area contributed by atoms with Crippen LogP contribution in [-0.2, 0) is 9.59 Å². The van der Waals surface area contributed by atoms with E-state index in [0.29, 0.717) is 5.06 Å². The average molecular weight is 235 g/mol. The molecule has 0 saturated carbocycles. The number of nitrogens with zero attached hydrogens (tertiary/aromatic N) is 1. The van der Waals surface area contributed by atoms with Crippen LogP contribution in [0.2, 0.25) is 0 Å². The van der Waals surface area contributed by atoms with Gasteiger partial charge in [0.25, 0.3) is 0 Å². The number of thiocarbonyl (C=S) groups is 1. The molecule has 7 heteroatoms. The molecule has 0 spiro atoms. The fourth-order valence-electron chi connectivity index (χ4n) is 0.928. The highest BCUT2D eigenvalue weighted by Gasteiger charge is 2.21. The lowest BCUT2D eigenvalue weighted by Crippen LogP contribution is -2.33. The van der Waals surface area contributed by atoms with Crippen LogP contribution in [0.4, 0.5) is 0 Å². The number of hydroxylamine groups is 2. The predicted molar refractivity (Wildman–Crippen MR) is 54.8 cm³/mol. The Balaban J connectivity index is 4.22. The van der Waals surface area contributed by atoms with Gasteiger partial charge in [0, 0.05) is 6.42 Å². The quantitative estimate of drug-likeness (QED) is 0.457. The van der Waals surface area contributed by atoms with Crippen LogP contribution in [-0.4, -0.2) is 44.0 Å². The summed E-state index contributed by atoms with van der Waals surface area (Å²) in [6, 6.07) is 0. The Labute approximate surface area is 92.1 Å². The van der Waals surface area contributed by atoms with Crippen molar-refractivity contribution < 1.29 is 25.0 Å². The van der Waals surface area contributed by atoms with Crippen molar-refractivity contribution in [1.82, 2.24) is 5.06 Å². The largest absolute Gasteiger partial charge is 0.481 e. The molecule has 0 aliphatic heterocycles. The van der Waals surface area contributed by atoms with Gasteiger partial charge in [0.05, 0.1) is 12.5 Å². The van der Waals surface area contributed by atoms with E-state index in [1.54, 1.807) is 0 Å². The minimum Gasteiger partial charge on any atom is -0.481 e. The molecule has 1 unspecified atom stereocenters. The van der Waals surface area contributed by atoms with E-state index in [1.165, 1.54) is 6.92 Å². The molecule has 86 valence electrons. The van der Waals surface area contributed by atoms with E-state index in [0.717, 1.165) is 0 Å². The molecule has 15 heavy (non-hydrogen) atoms. The molecule has 0 aliphatic rings. The Bertz CT molecular complexity index is 268. The zero-order chi connectivity index (χ0) is 12.0. The summed E-state index contributed by atoms with van der Waals surface area (Å²) in [7, 11) is 0. The highest BCUT2D eigenvalue weighted by Crippen LogP contribution is 2.09. The minimum atomic E-state index is -1.15. The van der Waals surface area contributed by atoms with Crippen molar-refractivity contribution in [2.24, 2.45) is 5.92 Å². The van der Waals surface area contributed by atoms with Crippen LogP contribution in [0.15, 0.2) is 0 Å². The summed E-state index contributed by atoms with van der Waals surface area (Å²) in [6.45, 7) is 1.25. The zero-order valence-corrected chi connectivity index (χ0v) is 9.03. The average Bonchev–Trinajstić information content (AvgIpc) is 2.10. The van der Waals surface area contributed by atoms with E-state index in [2.05, 4.69) is 12.2 Å². The SMILES string of the molecule is CC(=S)N(O)CC(CCC(=O)O)C(=O)O. The third-order valence-electron chi connectivity index (χ3n) is 1.81. The summed E-state index contributed by atoms with van der Waals surface area (Å²) < 4.78 is 0.